The molecule has 2 saturated heterocycles. The van der Waals surface area contributed by atoms with Crippen LogP contribution in [0.15, 0.2) is 42.6 Å². The number of nitrogens with zero attached hydrogens (tertiary/aromatic N) is 3. The minimum atomic E-state index is -0.450. The molecule has 0 bridgehead atoms. The lowest BCUT2D eigenvalue weighted by molar-refractivity contribution is -0.136. The quantitative estimate of drug-likeness (QED) is 0.754. The molecule has 2 aliphatic heterocycles. The summed E-state index contributed by atoms with van der Waals surface area (Å²) in [6, 6.07) is 11.1. The molecule has 1 atom stereocenters. The molecule has 0 spiro atoms. The van der Waals surface area contributed by atoms with E-state index in [1.807, 2.05) is 29.2 Å². The van der Waals surface area contributed by atoms with Crippen molar-refractivity contribution in [1.29, 1.82) is 0 Å². The molecule has 2 fully saturated rings. The maximum Gasteiger partial charge on any atom is 0.248 e. The minimum Gasteiger partial charge on any atom is -0.378 e. The SMILES string of the molecule is NC(=O)c1cccc(-c2ccc([C@H]3CN(CCC(=O)N4CCOCC4)CCO3)nc2)c1. The Labute approximate surface area is 181 Å². The van der Waals surface area contributed by atoms with Crippen molar-refractivity contribution in [3.05, 3.63) is 53.9 Å². The molecule has 8 nitrogen and oxygen atoms in total. The number of morpholine rings is 2. The van der Waals surface area contributed by atoms with Gasteiger partial charge in [0.1, 0.15) is 6.10 Å². The van der Waals surface area contributed by atoms with Gasteiger partial charge in [0.05, 0.1) is 25.5 Å². The van der Waals surface area contributed by atoms with E-state index in [4.69, 9.17) is 15.2 Å². The molecular weight excluding hydrogens is 396 g/mol. The summed E-state index contributed by atoms with van der Waals surface area (Å²) in [4.78, 5) is 32.6. The number of rotatable bonds is 6. The van der Waals surface area contributed by atoms with E-state index >= 15 is 0 Å². The highest BCUT2D eigenvalue weighted by molar-refractivity contribution is 5.94. The number of carbonyl (C=O) groups is 2. The van der Waals surface area contributed by atoms with Crippen LogP contribution in [0.25, 0.3) is 11.1 Å². The van der Waals surface area contributed by atoms with Crippen molar-refractivity contribution < 1.29 is 19.1 Å². The number of nitrogens with two attached hydrogens (primary N) is 1. The summed E-state index contributed by atoms with van der Waals surface area (Å²) in [5, 5.41) is 0. The summed E-state index contributed by atoms with van der Waals surface area (Å²) in [5.41, 5.74) is 8.51. The van der Waals surface area contributed by atoms with Gasteiger partial charge in [-0.3, -0.25) is 19.5 Å². The van der Waals surface area contributed by atoms with Crippen LogP contribution in [0.1, 0.15) is 28.6 Å². The first kappa shape index (κ1) is 21.4. The van der Waals surface area contributed by atoms with Crippen molar-refractivity contribution in [3.63, 3.8) is 0 Å². The van der Waals surface area contributed by atoms with Gasteiger partial charge in [0.2, 0.25) is 11.8 Å². The molecule has 0 radical (unpaired) electrons. The van der Waals surface area contributed by atoms with Gasteiger partial charge in [-0.05, 0) is 23.8 Å². The number of amides is 2. The number of hydrogen-bond donors (Lipinski definition) is 1. The van der Waals surface area contributed by atoms with Crippen molar-refractivity contribution in [2.75, 3.05) is 52.5 Å². The van der Waals surface area contributed by atoms with Crippen LogP contribution in [0.4, 0.5) is 0 Å². The second-order valence-electron chi connectivity index (χ2n) is 7.82. The van der Waals surface area contributed by atoms with Gasteiger partial charge in [-0.2, -0.15) is 0 Å². The average molecular weight is 425 g/mol. The zero-order valence-corrected chi connectivity index (χ0v) is 17.5. The van der Waals surface area contributed by atoms with Gasteiger partial charge >= 0.3 is 0 Å². The van der Waals surface area contributed by atoms with E-state index in [2.05, 4.69) is 9.88 Å². The monoisotopic (exact) mass is 424 g/mol. The second kappa shape index (κ2) is 10.00. The molecule has 2 aliphatic rings. The van der Waals surface area contributed by atoms with E-state index in [0.29, 0.717) is 58.0 Å². The predicted molar refractivity (Wildman–Crippen MR) is 115 cm³/mol. The molecule has 0 aliphatic carbocycles. The fourth-order valence-corrected chi connectivity index (χ4v) is 3.93. The predicted octanol–water partition coefficient (Wildman–Crippen LogP) is 1.47. The third kappa shape index (κ3) is 5.46. The normalized spacial score (nSPS) is 19.9. The molecule has 4 rings (SSSR count). The molecule has 2 amide bonds. The first-order chi connectivity index (χ1) is 15.1. The Morgan fingerprint density at radius 2 is 1.90 bits per heavy atom. The molecule has 1 aromatic heterocycles. The highest BCUT2D eigenvalue weighted by Gasteiger charge is 2.24. The van der Waals surface area contributed by atoms with Crippen molar-refractivity contribution in [1.82, 2.24) is 14.8 Å². The van der Waals surface area contributed by atoms with Crippen LogP contribution >= 0.6 is 0 Å². The number of aromatic nitrogens is 1. The fourth-order valence-electron chi connectivity index (χ4n) is 3.93. The Morgan fingerprint density at radius 1 is 1.06 bits per heavy atom. The Hall–Kier alpha value is -2.81. The summed E-state index contributed by atoms with van der Waals surface area (Å²) in [5.74, 6) is -0.263. The lowest BCUT2D eigenvalue weighted by Gasteiger charge is -2.33. The van der Waals surface area contributed by atoms with E-state index in [0.717, 1.165) is 23.4 Å². The number of hydrogen-bond acceptors (Lipinski definition) is 6. The third-order valence-corrected chi connectivity index (χ3v) is 5.75. The summed E-state index contributed by atoms with van der Waals surface area (Å²) in [6.45, 7) is 5.46. The van der Waals surface area contributed by atoms with Crippen LogP contribution in [0, 0.1) is 0 Å². The average Bonchev–Trinajstić information content (AvgIpc) is 2.83. The molecule has 1 aromatic carbocycles. The van der Waals surface area contributed by atoms with Crippen LogP contribution in [-0.4, -0.2) is 79.1 Å². The molecule has 8 heteroatoms. The molecule has 2 N–H and O–H groups in total. The number of carbonyl (C=O) groups excluding carboxylic acids is 2. The van der Waals surface area contributed by atoms with Gasteiger partial charge in [-0.25, -0.2) is 0 Å². The maximum atomic E-state index is 12.4. The van der Waals surface area contributed by atoms with Crippen molar-refractivity contribution in [3.8, 4) is 11.1 Å². The zero-order chi connectivity index (χ0) is 21.6. The van der Waals surface area contributed by atoms with Gasteiger partial charge < -0.3 is 20.1 Å². The van der Waals surface area contributed by atoms with Crippen LogP contribution in [-0.2, 0) is 14.3 Å². The lowest BCUT2D eigenvalue weighted by atomic mass is 10.0. The lowest BCUT2D eigenvalue weighted by Crippen LogP contribution is -2.44. The highest BCUT2D eigenvalue weighted by atomic mass is 16.5. The first-order valence-corrected chi connectivity index (χ1v) is 10.7. The van der Waals surface area contributed by atoms with E-state index in [1.54, 1.807) is 18.3 Å². The van der Waals surface area contributed by atoms with Crippen molar-refractivity contribution >= 4 is 11.8 Å². The van der Waals surface area contributed by atoms with Crippen molar-refractivity contribution in [2.45, 2.75) is 12.5 Å². The van der Waals surface area contributed by atoms with Crippen LogP contribution in [0.2, 0.25) is 0 Å². The number of benzene rings is 1. The second-order valence-corrected chi connectivity index (χ2v) is 7.82. The molecule has 3 heterocycles. The minimum absolute atomic E-state index is 0.127. The molecule has 31 heavy (non-hydrogen) atoms. The highest BCUT2D eigenvalue weighted by Crippen LogP contribution is 2.24. The molecule has 0 saturated carbocycles. The topological polar surface area (TPSA) is 98.0 Å². The van der Waals surface area contributed by atoms with Gasteiger partial charge in [0.25, 0.3) is 0 Å². The molecular formula is C23H28N4O4. The Balaban J connectivity index is 1.34. The van der Waals surface area contributed by atoms with Crippen LogP contribution < -0.4 is 5.73 Å². The van der Waals surface area contributed by atoms with Crippen LogP contribution in [0.3, 0.4) is 0 Å². The maximum absolute atomic E-state index is 12.4. The van der Waals surface area contributed by atoms with E-state index in [9.17, 15) is 9.59 Å². The number of primary amides is 1. The van der Waals surface area contributed by atoms with Gasteiger partial charge in [-0.15, -0.1) is 0 Å². The summed E-state index contributed by atoms with van der Waals surface area (Å²) in [7, 11) is 0. The molecule has 164 valence electrons. The summed E-state index contributed by atoms with van der Waals surface area (Å²) >= 11 is 0. The Morgan fingerprint density at radius 3 is 2.65 bits per heavy atom. The standard InChI is InChI=1S/C23H28N4O4/c24-23(29)18-3-1-2-17(14-18)19-4-5-20(25-15-19)21-16-26(8-13-31-21)7-6-22(28)27-9-11-30-12-10-27/h1-5,14-15,21H,6-13,16H2,(H2,24,29)/t21-/m1/s1. The van der Waals surface area contributed by atoms with E-state index < -0.39 is 5.91 Å². The number of pyridine rings is 1. The van der Waals surface area contributed by atoms with Gasteiger partial charge in [0, 0.05) is 56.5 Å². The summed E-state index contributed by atoms with van der Waals surface area (Å²) in [6.07, 6.45) is 2.17. The smallest absolute Gasteiger partial charge is 0.248 e. The van der Waals surface area contributed by atoms with Crippen molar-refractivity contribution in [2.24, 2.45) is 5.73 Å². The Bertz CT molecular complexity index is 912. The largest absolute Gasteiger partial charge is 0.378 e. The van der Waals surface area contributed by atoms with E-state index in [1.165, 1.54) is 0 Å². The van der Waals surface area contributed by atoms with Crippen LogP contribution in [0.5, 0.6) is 0 Å². The zero-order valence-electron chi connectivity index (χ0n) is 17.5. The Kier molecular flexibility index (Phi) is 6.91. The van der Waals surface area contributed by atoms with Gasteiger partial charge in [0.15, 0.2) is 0 Å². The third-order valence-electron chi connectivity index (χ3n) is 5.75. The van der Waals surface area contributed by atoms with Gasteiger partial charge in [-0.1, -0.05) is 18.2 Å². The van der Waals surface area contributed by atoms with E-state index in [-0.39, 0.29) is 12.0 Å². The first-order valence-electron chi connectivity index (χ1n) is 10.7. The fraction of sp³-hybridized carbons (Fsp3) is 0.435. The molecule has 2 aromatic rings. The summed E-state index contributed by atoms with van der Waals surface area (Å²) < 4.78 is 11.2. The molecule has 0 unspecified atom stereocenters. The number of ether oxygens (including phenoxy) is 2.